The van der Waals surface area contributed by atoms with Crippen LogP contribution in [0.3, 0.4) is 0 Å². The Bertz CT molecular complexity index is 254. The summed E-state index contributed by atoms with van der Waals surface area (Å²) < 4.78 is 6.07. The number of ether oxygens (including phenoxy) is 1. The van der Waals surface area contributed by atoms with Crippen LogP contribution >= 0.6 is 0 Å². The molecule has 3 saturated carbocycles. The second kappa shape index (κ2) is 9.04. The van der Waals surface area contributed by atoms with Gasteiger partial charge in [0.05, 0.1) is 12.2 Å². The second-order valence-electron chi connectivity index (χ2n) is 7.03. The summed E-state index contributed by atoms with van der Waals surface area (Å²) in [6.07, 6.45) is 15.9. The highest BCUT2D eigenvalue weighted by molar-refractivity contribution is 4.92. The third kappa shape index (κ3) is 5.04. The lowest BCUT2D eigenvalue weighted by Crippen LogP contribution is -2.45. The van der Waals surface area contributed by atoms with Crippen molar-refractivity contribution in [1.29, 1.82) is 0 Å². The van der Waals surface area contributed by atoms with Crippen LogP contribution in [0.25, 0.3) is 0 Å². The topological polar surface area (TPSA) is 29.5 Å². The Labute approximate surface area is 125 Å². The number of hydrogen-bond donors (Lipinski definition) is 1. The number of unbranched alkanes of at least 4 members (excludes halogenated alkanes) is 7. The Morgan fingerprint density at radius 3 is 2.25 bits per heavy atom. The van der Waals surface area contributed by atoms with Gasteiger partial charge in [-0.3, -0.25) is 0 Å². The summed E-state index contributed by atoms with van der Waals surface area (Å²) in [5, 5.41) is 10.0. The van der Waals surface area contributed by atoms with Crippen molar-refractivity contribution in [2.75, 3.05) is 6.61 Å². The van der Waals surface area contributed by atoms with Crippen molar-refractivity contribution in [3.05, 3.63) is 0 Å². The zero-order chi connectivity index (χ0) is 14.2. The van der Waals surface area contributed by atoms with Crippen LogP contribution in [0.4, 0.5) is 0 Å². The van der Waals surface area contributed by atoms with Gasteiger partial charge in [-0.25, -0.2) is 0 Å². The SMILES string of the molecule is CCCCCCCCCCOC1CC2CCC1C(O)C2. The molecule has 3 fully saturated rings. The maximum atomic E-state index is 10.0. The summed E-state index contributed by atoms with van der Waals surface area (Å²) in [7, 11) is 0. The molecule has 0 aliphatic heterocycles. The molecule has 118 valence electrons. The summed E-state index contributed by atoms with van der Waals surface area (Å²) in [6.45, 7) is 3.18. The average molecular weight is 282 g/mol. The van der Waals surface area contributed by atoms with Crippen molar-refractivity contribution < 1.29 is 9.84 Å². The Hall–Kier alpha value is -0.0800. The summed E-state index contributed by atoms with van der Waals surface area (Å²) in [4.78, 5) is 0. The predicted molar refractivity (Wildman–Crippen MR) is 83.8 cm³/mol. The first kappa shape index (κ1) is 16.3. The van der Waals surface area contributed by atoms with Gasteiger partial charge in [0, 0.05) is 12.5 Å². The van der Waals surface area contributed by atoms with Crippen molar-refractivity contribution >= 4 is 0 Å². The maximum absolute atomic E-state index is 10.0. The van der Waals surface area contributed by atoms with Crippen LogP contribution in [-0.2, 0) is 4.74 Å². The van der Waals surface area contributed by atoms with Crippen molar-refractivity contribution in [3.8, 4) is 0 Å². The summed E-state index contributed by atoms with van der Waals surface area (Å²) in [5.41, 5.74) is 0. The lowest BCUT2D eigenvalue weighted by atomic mass is 9.67. The summed E-state index contributed by atoms with van der Waals surface area (Å²) in [5.74, 6) is 1.17. The van der Waals surface area contributed by atoms with Crippen molar-refractivity contribution in [2.45, 2.75) is 96.2 Å². The molecule has 4 atom stereocenters. The Kier molecular flexibility index (Phi) is 7.37. The first-order valence-electron chi connectivity index (χ1n) is 9.11. The summed E-state index contributed by atoms with van der Waals surface area (Å²) in [6, 6.07) is 0. The highest BCUT2D eigenvalue weighted by atomic mass is 16.5. The van der Waals surface area contributed by atoms with Gasteiger partial charge in [-0.15, -0.1) is 0 Å². The van der Waals surface area contributed by atoms with Crippen LogP contribution < -0.4 is 0 Å². The average Bonchev–Trinajstić information content (AvgIpc) is 2.46. The van der Waals surface area contributed by atoms with Crippen LogP contribution in [0, 0.1) is 11.8 Å². The minimum absolute atomic E-state index is 0.0777. The van der Waals surface area contributed by atoms with Gasteiger partial charge in [0.2, 0.25) is 0 Å². The molecule has 0 amide bonds. The largest absolute Gasteiger partial charge is 0.393 e. The molecule has 3 aliphatic carbocycles. The number of rotatable bonds is 10. The van der Waals surface area contributed by atoms with E-state index in [4.69, 9.17) is 4.74 Å². The van der Waals surface area contributed by atoms with E-state index in [1.165, 1.54) is 70.6 Å². The van der Waals surface area contributed by atoms with Gasteiger partial charge < -0.3 is 9.84 Å². The highest BCUT2D eigenvalue weighted by Gasteiger charge is 2.41. The number of fused-ring (bicyclic) bond motifs is 3. The lowest BCUT2D eigenvalue weighted by molar-refractivity contribution is -0.111. The van der Waals surface area contributed by atoms with Crippen LogP contribution in [0.1, 0.15) is 84.0 Å². The highest BCUT2D eigenvalue weighted by Crippen LogP contribution is 2.42. The monoisotopic (exact) mass is 282 g/mol. The first-order valence-corrected chi connectivity index (χ1v) is 9.11. The van der Waals surface area contributed by atoms with E-state index >= 15 is 0 Å². The Morgan fingerprint density at radius 1 is 0.900 bits per heavy atom. The molecule has 3 aliphatic rings. The van der Waals surface area contributed by atoms with Crippen LogP contribution in [0.5, 0.6) is 0 Å². The quantitative estimate of drug-likeness (QED) is 0.589. The van der Waals surface area contributed by atoms with Crippen molar-refractivity contribution in [2.24, 2.45) is 11.8 Å². The first-order chi connectivity index (χ1) is 9.81. The molecule has 0 spiro atoms. The molecule has 2 bridgehead atoms. The predicted octanol–water partition coefficient (Wildman–Crippen LogP) is 4.69. The normalized spacial score (nSPS) is 32.7. The smallest absolute Gasteiger partial charge is 0.0630 e. The number of aliphatic hydroxyl groups is 1. The molecule has 4 unspecified atom stereocenters. The molecule has 20 heavy (non-hydrogen) atoms. The van der Waals surface area contributed by atoms with E-state index in [-0.39, 0.29) is 6.10 Å². The van der Waals surface area contributed by atoms with E-state index < -0.39 is 0 Å². The zero-order valence-corrected chi connectivity index (χ0v) is 13.4. The third-order valence-corrected chi connectivity index (χ3v) is 5.35. The van der Waals surface area contributed by atoms with Crippen LogP contribution in [0.15, 0.2) is 0 Å². The van der Waals surface area contributed by atoms with E-state index in [0.717, 1.165) is 18.9 Å². The molecule has 1 N–H and O–H groups in total. The number of aliphatic hydroxyl groups excluding tert-OH is 1. The van der Waals surface area contributed by atoms with E-state index in [9.17, 15) is 5.11 Å². The molecule has 0 heterocycles. The molecule has 0 saturated heterocycles. The van der Waals surface area contributed by atoms with E-state index in [2.05, 4.69) is 6.92 Å². The maximum Gasteiger partial charge on any atom is 0.0630 e. The Morgan fingerprint density at radius 2 is 1.60 bits per heavy atom. The fraction of sp³-hybridized carbons (Fsp3) is 1.00. The Balaban J connectivity index is 1.45. The van der Waals surface area contributed by atoms with Crippen molar-refractivity contribution in [1.82, 2.24) is 0 Å². The fourth-order valence-corrected chi connectivity index (χ4v) is 4.07. The van der Waals surface area contributed by atoms with Gasteiger partial charge in [-0.2, -0.15) is 0 Å². The minimum Gasteiger partial charge on any atom is -0.393 e. The van der Waals surface area contributed by atoms with Gasteiger partial charge >= 0.3 is 0 Å². The van der Waals surface area contributed by atoms with Crippen molar-refractivity contribution in [3.63, 3.8) is 0 Å². The van der Waals surface area contributed by atoms with Crippen LogP contribution in [-0.4, -0.2) is 23.9 Å². The van der Waals surface area contributed by atoms with Gasteiger partial charge in [0.15, 0.2) is 0 Å². The van der Waals surface area contributed by atoms with E-state index in [0.29, 0.717) is 12.0 Å². The molecule has 2 heteroatoms. The zero-order valence-electron chi connectivity index (χ0n) is 13.4. The summed E-state index contributed by atoms with van der Waals surface area (Å²) >= 11 is 0. The minimum atomic E-state index is -0.0777. The molecule has 0 aromatic heterocycles. The molecule has 0 radical (unpaired) electrons. The molecular weight excluding hydrogens is 248 g/mol. The second-order valence-corrected chi connectivity index (χ2v) is 7.03. The molecule has 0 aromatic rings. The third-order valence-electron chi connectivity index (χ3n) is 5.35. The van der Waals surface area contributed by atoms with E-state index in [1.807, 2.05) is 0 Å². The number of hydrogen-bond acceptors (Lipinski definition) is 2. The molecule has 2 nitrogen and oxygen atoms in total. The van der Waals surface area contributed by atoms with Crippen LogP contribution in [0.2, 0.25) is 0 Å². The van der Waals surface area contributed by atoms with E-state index in [1.54, 1.807) is 0 Å². The molecule has 0 aromatic carbocycles. The van der Waals surface area contributed by atoms with Gasteiger partial charge in [0.1, 0.15) is 0 Å². The van der Waals surface area contributed by atoms with Gasteiger partial charge in [-0.05, 0) is 38.0 Å². The molecule has 3 rings (SSSR count). The lowest BCUT2D eigenvalue weighted by Gasteiger charge is -2.45. The standard InChI is InChI=1S/C18H34O2/c1-2-3-4-5-6-7-8-9-12-20-18-14-15-10-11-16(18)17(19)13-15/h15-19H,2-14H2,1H3. The van der Waals surface area contributed by atoms with Gasteiger partial charge in [0.25, 0.3) is 0 Å². The van der Waals surface area contributed by atoms with Gasteiger partial charge in [-0.1, -0.05) is 51.9 Å². The fourth-order valence-electron chi connectivity index (χ4n) is 4.07. The molecular formula is C18H34O2.